The zero-order valence-corrected chi connectivity index (χ0v) is 41.4. The molecule has 0 saturated heterocycles. The van der Waals surface area contributed by atoms with Crippen molar-refractivity contribution in [2.24, 2.45) is 0 Å². The number of rotatable bonds is 43. The van der Waals surface area contributed by atoms with E-state index in [0.29, 0.717) is 23.9 Å². The van der Waals surface area contributed by atoms with Crippen LogP contribution in [0.5, 0.6) is 0 Å². The van der Waals surface area contributed by atoms with Crippen LogP contribution >= 0.6 is 7.82 Å². The van der Waals surface area contributed by atoms with Crippen molar-refractivity contribution in [2.75, 3.05) is 47.5 Å². The smallest absolute Gasteiger partial charge is 0.306 e. The standard InChI is InChI=1S/C53H90NO8P/c1-6-8-10-12-14-16-18-20-22-23-24-25-26-27-28-29-30-31-32-34-36-38-40-42-44-46-53(56)62-51(50-61-63(57,58)60-48-47-54(3,4)5)49-59-52(55)45-43-41-39-37-35-33-21-19-17-15-13-11-9-7-2/h8,10,13-16,19-22,24-25,27-28,30-31,51H,6-7,9,11-12,17-18,23,26,29,32-50H2,1-5H3/b10-8-,15-13-,16-14-,21-19-,22-20-,25-24-,28-27-,31-30-. The molecule has 0 radical (unpaired) electrons. The molecule has 10 heteroatoms. The summed E-state index contributed by atoms with van der Waals surface area (Å²) >= 11 is 0. The summed E-state index contributed by atoms with van der Waals surface area (Å²) in [5, 5.41) is 0. The molecule has 0 heterocycles. The molecule has 360 valence electrons. The Morgan fingerprint density at radius 3 is 1.35 bits per heavy atom. The highest BCUT2D eigenvalue weighted by Crippen LogP contribution is 2.38. The van der Waals surface area contributed by atoms with Gasteiger partial charge in [0.1, 0.15) is 19.8 Å². The molecule has 0 saturated carbocycles. The number of nitrogens with zero attached hydrogens (tertiary/aromatic N) is 1. The van der Waals surface area contributed by atoms with Crippen molar-refractivity contribution in [3.05, 3.63) is 97.2 Å². The number of hydrogen-bond donors (Lipinski definition) is 0. The first-order chi connectivity index (χ1) is 30.5. The van der Waals surface area contributed by atoms with Crippen molar-refractivity contribution >= 4 is 19.8 Å². The Morgan fingerprint density at radius 1 is 0.508 bits per heavy atom. The van der Waals surface area contributed by atoms with E-state index in [9.17, 15) is 19.0 Å². The molecule has 0 aliphatic heterocycles. The van der Waals surface area contributed by atoms with Gasteiger partial charge >= 0.3 is 11.9 Å². The van der Waals surface area contributed by atoms with Gasteiger partial charge in [0.05, 0.1) is 27.7 Å². The maximum Gasteiger partial charge on any atom is 0.306 e. The molecule has 63 heavy (non-hydrogen) atoms. The van der Waals surface area contributed by atoms with Crippen LogP contribution in [0.4, 0.5) is 0 Å². The maximum absolute atomic E-state index is 12.7. The normalized spacial score (nSPS) is 14.3. The fourth-order valence-corrected chi connectivity index (χ4v) is 6.75. The molecule has 0 aromatic rings. The van der Waals surface area contributed by atoms with Gasteiger partial charge in [0.2, 0.25) is 0 Å². The van der Waals surface area contributed by atoms with Crippen molar-refractivity contribution in [1.29, 1.82) is 0 Å². The van der Waals surface area contributed by atoms with Crippen molar-refractivity contribution in [3.8, 4) is 0 Å². The summed E-state index contributed by atoms with van der Waals surface area (Å²) in [6.45, 7) is 4.02. The van der Waals surface area contributed by atoms with E-state index >= 15 is 0 Å². The Bertz CT molecular complexity index is 1390. The van der Waals surface area contributed by atoms with Gasteiger partial charge in [-0.05, 0) is 89.9 Å². The Kier molecular flexibility index (Phi) is 42.0. The minimum Gasteiger partial charge on any atom is -0.756 e. The van der Waals surface area contributed by atoms with Crippen molar-refractivity contribution in [2.45, 2.75) is 180 Å². The van der Waals surface area contributed by atoms with E-state index < -0.39 is 32.5 Å². The van der Waals surface area contributed by atoms with Gasteiger partial charge in [-0.2, -0.15) is 0 Å². The monoisotopic (exact) mass is 900 g/mol. The summed E-state index contributed by atoms with van der Waals surface area (Å²) in [7, 11) is 1.13. The molecule has 0 aromatic heterocycles. The number of carbonyl (C=O) groups is 2. The van der Waals surface area contributed by atoms with Crippen molar-refractivity contribution in [1.82, 2.24) is 0 Å². The van der Waals surface area contributed by atoms with Gasteiger partial charge in [-0.15, -0.1) is 0 Å². The lowest BCUT2D eigenvalue weighted by Gasteiger charge is -2.28. The van der Waals surface area contributed by atoms with Crippen LogP contribution < -0.4 is 4.89 Å². The molecule has 0 fully saturated rings. The SMILES string of the molecule is CC/C=C\C/C=C\C/C=C\C/C=C\C/C=C\C/C=C\CCCCCCCCC(=O)OC(COC(=O)CCCCCCC/C=C\C/C=C\CCCC)COP(=O)([O-])OCC[N+](C)(C)C. The fourth-order valence-electron chi connectivity index (χ4n) is 6.03. The molecule has 2 atom stereocenters. The highest BCUT2D eigenvalue weighted by molar-refractivity contribution is 7.45. The molecule has 0 aliphatic rings. The van der Waals surface area contributed by atoms with E-state index in [-0.39, 0.29) is 26.1 Å². The number of ether oxygens (including phenoxy) is 2. The summed E-state index contributed by atoms with van der Waals surface area (Å²) in [6, 6.07) is 0. The molecule has 0 N–H and O–H groups in total. The number of carbonyl (C=O) groups excluding carboxylic acids is 2. The van der Waals surface area contributed by atoms with E-state index in [1.165, 1.54) is 12.8 Å². The van der Waals surface area contributed by atoms with Crippen LogP contribution in [0.2, 0.25) is 0 Å². The molecule has 0 spiro atoms. The van der Waals surface area contributed by atoms with Gasteiger partial charge in [0.25, 0.3) is 7.82 Å². The van der Waals surface area contributed by atoms with Gasteiger partial charge in [-0.1, -0.05) is 169 Å². The summed E-state index contributed by atoms with van der Waals surface area (Å²) < 4.78 is 34.0. The van der Waals surface area contributed by atoms with Crippen LogP contribution in [0.1, 0.15) is 174 Å². The van der Waals surface area contributed by atoms with E-state index in [1.807, 2.05) is 21.1 Å². The van der Waals surface area contributed by atoms with Crippen LogP contribution in [-0.2, 0) is 32.7 Å². The largest absolute Gasteiger partial charge is 0.756 e. The maximum atomic E-state index is 12.7. The van der Waals surface area contributed by atoms with Gasteiger partial charge in [-0.3, -0.25) is 14.2 Å². The highest BCUT2D eigenvalue weighted by atomic mass is 31.2. The second-order valence-corrected chi connectivity index (χ2v) is 18.5. The predicted molar refractivity (Wildman–Crippen MR) is 263 cm³/mol. The number of quaternary nitrogens is 1. The van der Waals surface area contributed by atoms with Gasteiger partial charge < -0.3 is 27.9 Å². The third kappa shape index (κ3) is 48.2. The summed E-state index contributed by atoms with van der Waals surface area (Å²) in [5.41, 5.74) is 0. The first-order valence-electron chi connectivity index (χ1n) is 24.4. The number of likely N-dealkylation sites (N-methyl/N-ethyl adjacent to an activating group) is 1. The topological polar surface area (TPSA) is 111 Å². The Morgan fingerprint density at radius 2 is 0.905 bits per heavy atom. The van der Waals surface area contributed by atoms with E-state index in [0.717, 1.165) is 122 Å². The van der Waals surface area contributed by atoms with Gasteiger partial charge in [-0.25, -0.2) is 0 Å². The van der Waals surface area contributed by atoms with Crippen LogP contribution in [-0.4, -0.2) is 70.0 Å². The summed E-state index contributed by atoms with van der Waals surface area (Å²) in [5.74, 6) is -0.876. The van der Waals surface area contributed by atoms with E-state index in [1.54, 1.807) is 0 Å². The average Bonchev–Trinajstić information content (AvgIpc) is 3.24. The highest BCUT2D eigenvalue weighted by Gasteiger charge is 2.21. The molecule has 9 nitrogen and oxygen atoms in total. The van der Waals surface area contributed by atoms with E-state index in [4.69, 9.17) is 18.5 Å². The predicted octanol–water partition coefficient (Wildman–Crippen LogP) is 13.9. The third-order valence-electron chi connectivity index (χ3n) is 9.84. The molecular weight excluding hydrogens is 810 g/mol. The third-order valence-corrected chi connectivity index (χ3v) is 10.8. The quantitative estimate of drug-likeness (QED) is 0.0196. The molecule has 2 unspecified atom stereocenters. The second kappa shape index (κ2) is 44.1. The molecule has 0 rings (SSSR count). The minimum absolute atomic E-state index is 0.0419. The molecule has 0 amide bonds. The van der Waals surface area contributed by atoms with Gasteiger partial charge in [0.15, 0.2) is 6.10 Å². The second-order valence-electron chi connectivity index (χ2n) is 17.1. The van der Waals surface area contributed by atoms with Crippen LogP contribution in [0, 0.1) is 0 Å². The number of esters is 2. The Labute approximate surface area is 385 Å². The van der Waals surface area contributed by atoms with Gasteiger partial charge in [0, 0.05) is 12.8 Å². The van der Waals surface area contributed by atoms with Crippen molar-refractivity contribution < 1.29 is 42.1 Å². The minimum atomic E-state index is -4.64. The Balaban J connectivity index is 4.34. The number of phosphoric ester groups is 1. The van der Waals surface area contributed by atoms with Crippen LogP contribution in [0.3, 0.4) is 0 Å². The number of allylic oxidation sites excluding steroid dienone is 16. The van der Waals surface area contributed by atoms with Crippen molar-refractivity contribution in [3.63, 3.8) is 0 Å². The first kappa shape index (κ1) is 59.9. The lowest BCUT2D eigenvalue weighted by atomic mass is 10.1. The van der Waals surface area contributed by atoms with Crippen LogP contribution in [0.25, 0.3) is 0 Å². The zero-order chi connectivity index (χ0) is 46.4. The summed E-state index contributed by atoms with van der Waals surface area (Å²) in [4.78, 5) is 37.6. The number of unbranched alkanes of at least 4 members (excludes halogenated alkanes) is 13. The fraction of sp³-hybridized carbons (Fsp3) is 0.660. The first-order valence-corrected chi connectivity index (χ1v) is 25.9. The summed E-state index contributed by atoms with van der Waals surface area (Å²) in [6.07, 6.45) is 58.6. The molecular formula is C53H90NO8P. The lowest BCUT2D eigenvalue weighted by molar-refractivity contribution is -0.870. The van der Waals surface area contributed by atoms with Crippen LogP contribution in [0.15, 0.2) is 97.2 Å². The zero-order valence-electron chi connectivity index (χ0n) is 40.5. The number of hydrogen-bond acceptors (Lipinski definition) is 8. The molecule has 0 aromatic carbocycles. The lowest BCUT2D eigenvalue weighted by Crippen LogP contribution is -2.37. The Hall–Kier alpha value is -3.07. The average molecular weight is 900 g/mol. The van der Waals surface area contributed by atoms with E-state index in [2.05, 4.69) is 111 Å². The number of phosphoric acid groups is 1. The molecule has 0 bridgehead atoms. The molecule has 0 aliphatic carbocycles.